The van der Waals surface area contributed by atoms with E-state index in [1.54, 1.807) is 48.5 Å². The van der Waals surface area contributed by atoms with Crippen molar-refractivity contribution in [3.63, 3.8) is 0 Å². The Hall–Kier alpha value is -1.89. The molecule has 0 spiro atoms. The number of benzene rings is 2. The third kappa shape index (κ3) is 4.84. The molecule has 0 amide bonds. The summed E-state index contributed by atoms with van der Waals surface area (Å²) < 4.78 is 27.3. The smallest absolute Gasteiger partial charge is 0.261 e. The molecular weight excluding hydrogens is 372 g/mol. The van der Waals surface area contributed by atoms with Crippen molar-refractivity contribution in [1.82, 2.24) is 5.32 Å². The molecule has 2 N–H and O–H groups in total. The van der Waals surface area contributed by atoms with Crippen molar-refractivity contribution in [2.45, 2.75) is 24.7 Å². The van der Waals surface area contributed by atoms with Crippen LogP contribution in [-0.2, 0) is 10.0 Å². The number of aryl methyl sites for hydroxylation is 1. The number of halogens is 1. The van der Waals surface area contributed by atoms with Crippen LogP contribution in [0.3, 0.4) is 0 Å². The van der Waals surface area contributed by atoms with Crippen molar-refractivity contribution in [3.05, 3.63) is 59.7 Å². The van der Waals surface area contributed by atoms with Gasteiger partial charge in [0.1, 0.15) is 0 Å². The molecule has 0 saturated carbocycles. The third-order valence-corrected chi connectivity index (χ3v) is 5.86. The zero-order valence-corrected chi connectivity index (χ0v) is 16.2. The summed E-state index contributed by atoms with van der Waals surface area (Å²) in [4.78, 5) is 12.7. The van der Waals surface area contributed by atoms with Crippen LogP contribution >= 0.6 is 12.4 Å². The second-order valence-electron chi connectivity index (χ2n) is 6.38. The molecule has 0 radical (unpaired) electrons. The fraction of sp³-hybridized carbons (Fsp3) is 0.316. The number of anilines is 1. The summed E-state index contributed by atoms with van der Waals surface area (Å²) in [5.41, 5.74) is 2.08. The normalized spacial score (nSPS) is 15.1. The Morgan fingerprint density at radius 2 is 1.58 bits per heavy atom. The molecule has 0 aliphatic carbocycles. The van der Waals surface area contributed by atoms with E-state index in [2.05, 4.69) is 10.0 Å². The summed E-state index contributed by atoms with van der Waals surface area (Å²) in [7, 11) is -3.63. The monoisotopic (exact) mass is 394 g/mol. The summed E-state index contributed by atoms with van der Waals surface area (Å²) in [5.74, 6) is 0.186. The molecule has 0 aromatic heterocycles. The highest BCUT2D eigenvalue weighted by Crippen LogP contribution is 2.21. The molecular formula is C19H23ClN2O3S. The van der Waals surface area contributed by atoms with Gasteiger partial charge in [-0.05, 0) is 69.3 Å². The molecule has 5 nitrogen and oxygen atoms in total. The lowest BCUT2D eigenvalue weighted by Gasteiger charge is -2.21. The predicted octanol–water partition coefficient (Wildman–Crippen LogP) is 3.40. The molecule has 3 rings (SSSR count). The molecule has 2 aromatic carbocycles. The second-order valence-corrected chi connectivity index (χ2v) is 8.07. The van der Waals surface area contributed by atoms with Crippen molar-refractivity contribution in [2.24, 2.45) is 5.92 Å². The fourth-order valence-corrected chi connectivity index (χ4v) is 4.01. The molecule has 1 aliphatic heterocycles. The average molecular weight is 395 g/mol. The van der Waals surface area contributed by atoms with E-state index >= 15 is 0 Å². The summed E-state index contributed by atoms with van der Waals surface area (Å²) >= 11 is 0. The van der Waals surface area contributed by atoms with E-state index in [9.17, 15) is 13.2 Å². The number of nitrogens with one attached hydrogen (secondary N) is 2. The van der Waals surface area contributed by atoms with Gasteiger partial charge in [-0.15, -0.1) is 12.4 Å². The van der Waals surface area contributed by atoms with Crippen molar-refractivity contribution >= 4 is 33.9 Å². The van der Waals surface area contributed by atoms with Crippen molar-refractivity contribution in [3.8, 4) is 0 Å². The van der Waals surface area contributed by atoms with Gasteiger partial charge >= 0.3 is 0 Å². The first-order chi connectivity index (χ1) is 12.0. The summed E-state index contributed by atoms with van der Waals surface area (Å²) in [6, 6.07) is 13.3. The number of ketones is 1. The summed E-state index contributed by atoms with van der Waals surface area (Å²) in [5, 5.41) is 3.25. The van der Waals surface area contributed by atoms with Crippen LogP contribution in [0.2, 0.25) is 0 Å². The maximum atomic E-state index is 12.5. The van der Waals surface area contributed by atoms with Gasteiger partial charge in [-0.2, -0.15) is 0 Å². The quantitative estimate of drug-likeness (QED) is 0.762. The van der Waals surface area contributed by atoms with Crippen molar-refractivity contribution in [1.29, 1.82) is 0 Å². The highest BCUT2D eigenvalue weighted by molar-refractivity contribution is 7.92. The van der Waals surface area contributed by atoms with E-state index in [4.69, 9.17) is 0 Å². The predicted molar refractivity (Wildman–Crippen MR) is 106 cm³/mol. The van der Waals surface area contributed by atoms with Gasteiger partial charge < -0.3 is 5.32 Å². The van der Waals surface area contributed by atoms with Crippen LogP contribution in [0.25, 0.3) is 0 Å². The summed E-state index contributed by atoms with van der Waals surface area (Å²) in [6.45, 7) is 3.64. The average Bonchev–Trinajstić information content (AvgIpc) is 2.62. The minimum atomic E-state index is -3.63. The molecule has 0 atom stereocenters. The molecule has 0 unspecified atom stereocenters. The van der Waals surface area contributed by atoms with Crippen LogP contribution < -0.4 is 10.0 Å². The van der Waals surface area contributed by atoms with E-state index in [0.29, 0.717) is 11.3 Å². The Kier molecular flexibility index (Phi) is 6.81. The van der Waals surface area contributed by atoms with Crippen LogP contribution in [0.4, 0.5) is 5.69 Å². The number of hydrogen-bond donors (Lipinski definition) is 2. The first-order valence-electron chi connectivity index (χ1n) is 8.40. The molecule has 1 aliphatic rings. The van der Waals surface area contributed by atoms with Crippen LogP contribution in [0.5, 0.6) is 0 Å². The first-order valence-corrected chi connectivity index (χ1v) is 9.88. The lowest BCUT2D eigenvalue weighted by molar-refractivity contribution is 0.0895. The van der Waals surface area contributed by atoms with Gasteiger partial charge in [-0.25, -0.2) is 8.42 Å². The van der Waals surface area contributed by atoms with Gasteiger partial charge in [0.15, 0.2) is 5.78 Å². The molecule has 26 heavy (non-hydrogen) atoms. The number of rotatable bonds is 5. The highest BCUT2D eigenvalue weighted by Gasteiger charge is 2.22. The van der Waals surface area contributed by atoms with Gasteiger partial charge in [0.05, 0.1) is 4.90 Å². The van der Waals surface area contributed by atoms with E-state index in [1.165, 1.54) is 0 Å². The van der Waals surface area contributed by atoms with Gasteiger partial charge in [0, 0.05) is 17.2 Å². The van der Waals surface area contributed by atoms with Crippen LogP contribution in [0, 0.1) is 12.8 Å². The Morgan fingerprint density at radius 3 is 2.15 bits per heavy atom. The third-order valence-electron chi connectivity index (χ3n) is 4.46. The standard InChI is InChI=1S/C19H22N2O3S.ClH/c1-14-2-8-18(9-3-14)25(23,24)21-17-6-4-15(5-7-17)19(22)16-10-12-20-13-11-16;/h2-9,16,20-21H,10-13H2,1H3;1H. The maximum absolute atomic E-state index is 12.5. The molecule has 1 heterocycles. The Labute approximate surface area is 160 Å². The topological polar surface area (TPSA) is 75.3 Å². The highest BCUT2D eigenvalue weighted by atomic mass is 35.5. The van der Waals surface area contributed by atoms with Gasteiger partial charge in [-0.1, -0.05) is 17.7 Å². The number of piperidine rings is 1. The van der Waals surface area contributed by atoms with Crippen molar-refractivity contribution < 1.29 is 13.2 Å². The summed E-state index contributed by atoms with van der Waals surface area (Å²) in [6.07, 6.45) is 1.70. The number of hydrogen-bond acceptors (Lipinski definition) is 4. The largest absolute Gasteiger partial charge is 0.317 e. The SMILES string of the molecule is Cc1ccc(S(=O)(=O)Nc2ccc(C(=O)C3CCNCC3)cc2)cc1.Cl. The van der Waals surface area contributed by atoms with Crippen molar-refractivity contribution in [2.75, 3.05) is 17.8 Å². The lowest BCUT2D eigenvalue weighted by atomic mass is 9.89. The molecule has 1 fully saturated rings. The van der Waals surface area contributed by atoms with E-state index in [-0.39, 0.29) is 29.0 Å². The van der Waals surface area contributed by atoms with Crippen LogP contribution in [-0.4, -0.2) is 27.3 Å². The second kappa shape index (κ2) is 8.66. The Bertz CT molecular complexity index is 843. The number of carbonyl (C=O) groups excluding carboxylic acids is 1. The van der Waals surface area contributed by atoms with Crippen LogP contribution in [0.15, 0.2) is 53.4 Å². The lowest BCUT2D eigenvalue weighted by Crippen LogP contribution is -2.31. The molecule has 2 aromatic rings. The maximum Gasteiger partial charge on any atom is 0.261 e. The van der Waals surface area contributed by atoms with Gasteiger partial charge in [0.25, 0.3) is 10.0 Å². The number of sulfonamides is 1. The molecule has 1 saturated heterocycles. The molecule has 0 bridgehead atoms. The van der Waals surface area contributed by atoms with E-state index in [0.717, 1.165) is 31.5 Å². The zero-order valence-electron chi connectivity index (χ0n) is 14.6. The fourth-order valence-electron chi connectivity index (χ4n) is 2.95. The van der Waals surface area contributed by atoms with Crippen LogP contribution in [0.1, 0.15) is 28.8 Å². The number of Topliss-reactive ketones (excluding diaryl/α,β-unsaturated/α-hetero) is 1. The molecule has 140 valence electrons. The van der Waals surface area contributed by atoms with E-state index < -0.39 is 10.0 Å². The Balaban J connectivity index is 0.00000243. The van der Waals surface area contributed by atoms with E-state index in [1.807, 2.05) is 6.92 Å². The minimum absolute atomic E-state index is 0. The first kappa shape index (κ1) is 20.4. The van der Waals surface area contributed by atoms with Gasteiger partial charge in [0.2, 0.25) is 0 Å². The van der Waals surface area contributed by atoms with Gasteiger partial charge in [-0.3, -0.25) is 9.52 Å². The zero-order chi connectivity index (χ0) is 17.9. The number of carbonyl (C=O) groups is 1. The Morgan fingerprint density at radius 1 is 1.00 bits per heavy atom. The minimum Gasteiger partial charge on any atom is -0.317 e. The molecule has 7 heteroatoms.